The van der Waals surface area contributed by atoms with Crippen LogP contribution in [-0.4, -0.2) is 89.3 Å². The number of carbonyl (C=O) groups excluding carboxylic acids is 2. The third kappa shape index (κ3) is 4.91. The molecule has 2 aliphatic carbocycles. The summed E-state index contributed by atoms with van der Waals surface area (Å²) in [5, 5.41) is 16.4. The smallest absolute Gasteiger partial charge is 0.237 e. The molecule has 0 radical (unpaired) electrons. The second-order valence-electron chi connectivity index (χ2n) is 10.3. The number of aliphatic hydroxyl groups is 1. The quantitative estimate of drug-likeness (QED) is 0.611. The Morgan fingerprint density at radius 2 is 1.97 bits per heavy atom. The van der Waals surface area contributed by atoms with E-state index in [1.54, 1.807) is 11.8 Å². The number of halogens is 1. The van der Waals surface area contributed by atoms with Gasteiger partial charge in [0.1, 0.15) is 6.17 Å². The Balaban J connectivity index is 1.30. The van der Waals surface area contributed by atoms with E-state index in [1.807, 2.05) is 0 Å². The zero-order valence-electron chi connectivity index (χ0n) is 18.9. The van der Waals surface area contributed by atoms with Crippen molar-refractivity contribution in [3.8, 4) is 0 Å². The zero-order chi connectivity index (χ0) is 22.1. The normalized spacial score (nSPS) is 41.6. The number of nitrogens with zero attached hydrogens (tertiary/aromatic N) is 2. The summed E-state index contributed by atoms with van der Waals surface area (Å²) in [6, 6.07) is 0.172. The van der Waals surface area contributed by atoms with Crippen LogP contribution in [-0.2, 0) is 9.59 Å². The number of fused-ring (bicyclic) bond motifs is 1. The van der Waals surface area contributed by atoms with Crippen LogP contribution >= 0.6 is 0 Å². The van der Waals surface area contributed by atoms with E-state index >= 15 is 0 Å². The van der Waals surface area contributed by atoms with Crippen LogP contribution in [0.25, 0.3) is 0 Å². The van der Waals surface area contributed by atoms with Gasteiger partial charge in [-0.3, -0.25) is 14.5 Å². The second-order valence-corrected chi connectivity index (χ2v) is 10.3. The van der Waals surface area contributed by atoms with E-state index in [2.05, 4.69) is 22.5 Å². The second kappa shape index (κ2) is 9.71. The summed E-state index contributed by atoms with van der Waals surface area (Å²) < 4.78 is 14.4. The maximum atomic E-state index is 14.4. The third-order valence-electron chi connectivity index (χ3n) is 8.29. The Morgan fingerprint density at radius 3 is 2.68 bits per heavy atom. The highest BCUT2D eigenvalue weighted by Crippen LogP contribution is 2.38. The van der Waals surface area contributed by atoms with Crippen molar-refractivity contribution in [2.45, 2.75) is 95.2 Å². The summed E-state index contributed by atoms with van der Waals surface area (Å²) in [7, 11) is 0. The fourth-order valence-corrected chi connectivity index (χ4v) is 6.51. The Hall–Kier alpha value is -1.25. The highest BCUT2D eigenvalue weighted by molar-refractivity contribution is 5.82. The maximum Gasteiger partial charge on any atom is 0.237 e. The number of hydrogen-bond acceptors (Lipinski definition) is 5. The first-order valence-corrected chi connectivity index (χ1v) is 12.2. The molecule has 7 nitrogen and oxygen atoms in total. The van der Waals surface area contributed by atoms with E-state index in [-0.39, 0.29) is 48.5 Å². The van der Waals surface area contributed by atoms with Crippen LogP contribution in [0.15, 0.2) is 0 Å². The molecule has 0 aromatic heterocycles. The average molecular weight is 439 g/mol. The molecule has 2 aliphatic heterocycles. The van der Waals surface area contributed by atoms with Gasteiger partial charge in [0.25, 0.3) is 0 Å². The largest absolute Gasteiger partial charge is 0.394 e. The monoisotopic (exact) mass is 438 g/mol. The molecule has 0 aromatic rings. The fourth-order valence-electron chi connectivity index (χ4n) is 6.51. The van der Waals surface area contributed by atoms with E-state index in [0.717, 1.165) is 38.6 Å². The van der Waals surface area contributed by atoms with Crippen molar-refractivity contribution >= 4 is 11.8 Å². The van der Waals surface area contributed by atoms with E-state index in [1.165, 1.54) is 0 Å². The van der Waals surface area contributed by atoms with Crippen molar-refractivity contribution in [1.82, 2.24) is 20.4 Å². The molecule has 0 aromatic carbocycles. The molecule has 8 heteroatoms. The van der Waals surface area contributed by atoms with Gasteiger partial charge in [-0.2, -0.15) is 0 Å². The first-order valence-electron chi connectivity index (χ1n) is 12.2. The molecule has 2 saturated heterocycles. The van der Waals surface area contributed by atoms with Crippen LogP contribution in [0.2, 0.25) is 0 Å². The molecule has 176 valence electrons. The van der Waals surface area contributed by atoms with Crippen LogP contribution in [0.5, 0.6) is 0 Å². The van der Waals surface area contributed by atoms with Gasteiger partial charge >= 0.3 is 0 Å². The van der Waals surface area contributed by atoms with Crippen molar-refractivity contribution in [2.75, 3.05) is 26.2 Å². The van der Waals surface area contributed by atoms with Gasteiger partial charge in [0, 0.05) is 50.6 Å². The minimum atomic E-state index is -0.793. The molecule has 3 N–H and O–H groups in total. The number of rotatable bonds is 4. The molecule has 0 bridgehead atoms. The molecule has 4 fully saturated rings. The lowest BCUT2D eigenvalue weighted by Crippen LogP contribution is -2.59. The lowest BCUT2D eigenvalue weighted by molar-refractivity contribution is -0.136. The van der Waals surface area contributed by atoms with Crippen molar-refractivity contribution in [2.24, 2.45) is 11.8 Å². The van der Waals surface area contributed by atoms with Gasteiger partial charge in [0.2, 0.25) is 11.8 Å². The van der Waals surface area contributed by atoms with Gasteiger partial charge in [-0.15, -0.1) is 0 Å². The standard InChI is InChI=1S/C23H39FN4O3/c1-14-6-7-20(24)19-11-21(26-22(14)19)23(31)25-16-4-3-5-17(10-16)27-8-9-28(15(2)30)18(12-27)13-29/h14,16-22,26,29H,3-13H2,1-2H3,(H,25,31)/t14?,16-,17+,18-,19?,20?,21?,22?/m1/s1. The number of carbonyl (C=O) groups is 2. The third-order valence-corrected chi connectivity index (χ3v) is 8.29. The lowest BCUT2D eigenvalue weighted by Gasteiger charge is -2.45. The van der Waals surface area contributed by atoms with Crippen LogP contribution in [0.3, 0.4) is 0 Å². The summed E-state index contributed by atoms with van der Waals surface area (Å²) in [5.41, 5.74) is 0. The number of aliphatic hydroxyl groups excluding tert-OH is 1. The van der Waals surface area contributed by atoms with Gasteiger partial charge in [0.15, 0.2) is 0 Å². The van der Waals surface area contributed by atoms with Crippen LogP contribution in [0, 0.1) is 11.8 Å². The molecular weight excluding hydrogens is 399 g/mol. The van der Waals surface area contributed by atoms with Crippen molar-refractivity contribution in [3.63, 3.8) is 0 Å². The van der Waals surface area contributed by atoms with Crippen LogP contribution < -0.4 is 10.6 Å². The predicted molar refractivity (Wildman–Crippen MR) is 116 cm³/mol. The highest BCUT2D eigenvalue weighted by Gasteiger charge is 2.46. The van der Waals surface area contributed by atoms with Crippen LogP contribution in [0.4, 0.5) is 4.39 Å². The Morgan fingerprint density at radius 1 is 1.16 bits per heavy atom. The maximum absolute atomic E-state index is 14.4. The summed E-state index contributed by atoms with van der Waals surface area (Å²) in [5.74, 6) is 0.421. The molecule has 2 heterocycles. The van der Waals surface area contributed by atoms with Gasteiger partial charge in [0.05, 0.1) is 18.7 Å². The first kappa shape index (κ1) is 22.9. The minimum Gasteiger partial charge on any atom is -0.394 e. The summed E-state index contributed by atoms with van der Waals surface area (Å²) >= 11 is 0. The van der Waals surface area contributed by atoms with E-state index in [9.17, 15) is 19.1 Å². The molecule has 5 unspecified atom stereocenters. The zero-order valence-corrected chi connectivity index (χ0v) is 18.9. The van der Waals surface area contributed by atoms with Gasteiger partial charge in [-0.25, -0.2) is 4.39 Å². The van der Waals surface area contributed by atoms with E-state index in [0.29, 0.717) is 37.9 Å². The number of piperazine rings is 1. The number of nitrogens with one attached hydrogen (secondary N) is 2. The average Bonchev–Trinajstić information content (AvgIpc) is 3.23. The molecule has 8 atom stereocenters. The molecule has 0 spiro atoms. The van der Waals surface area contributed by atoms with Gasteiger partial charge < -0.3 is 20.6 Å². The number of alkyl halides is 1. The number of amides is 2. The van der Waals surface area contributed by atoms with E-state index < -0.39 is 6.17 Å². The van der Waals surface area contributed by atoms with Crippen molar-refractivity contribution < 1.29 is 19.1 Å². The Labute approximate surface area is 185 Å². The Bertz CT molecular complexity index is 647. The fraction of sp³-hybridized carbons (Fsp3) is 0.913. The van der Waals surface area contributed by atoms with Gasteiger partial charge in [-0.1, -0.05) is 6.92 Å². The van der Waals surface area contributed by atoms with E-state index in [4.69, 9.17) is 0 Å². The predicted octanol–water partition coefficient (Wildman–Crippen LogP) is 1.05. The summed E-state index contributed by atoms with van der Waals surface area (Å²) in [6.07, 6.45) is 5.32. The van der Waals surface area contributed by atoms with Gasteiger partial charge in [-0.05, 0) is 50.9 Å². The number of hydrogen-bond donors (Lipinski definition) is 3. The minimum absolute atomic E-state index is 0.0157. The molecular formula is C23H39FN4O3. The highest BCUT2D eigenvalue weighted by atomic mass is 19.1. The first-order chi connectivity index (χ1) is 14.9. The van der Waals surface area contributed by atoms with Crippen molar-refractivity contribution in [1.29, 1.82) is 0 Å². The molecule has 2 saturated carbocycles. The SMILES string of the molecule is CC(=O)N1CCN([C@H]2CCC[C@@H](NC(=O)C3CC4C(F)CCC(C)C4N3)C2)C[C@@H]1CO. The Kier molecular flexibility index (Phi) is 7.18. The van der Waals surface area contributed by atoms with Crippen LogP contribution in [0.1, 0.15) is 58.8 Å². The topological polar surface area (TPSA) is 84.9 Å². The lowest BCUT2D eigenvalue weighted by atomic mass is 9.77. The molecule has 4 rings (SSSR count). The molecule has 2 amide bonds. The van der Waals surface area contributed by atoms with Crippen molar-refractivity contribution in [3.05, 3.63) is 0 Å². The molecule has 4 aliphatic rings. The summed E-state index contributed by atoms with van der Waals surface area (Å²) in [6.45, 7) is 5.84. The summed E-state index contributed by atoms with van der Waals surface area (Å²) in [4.78, 5) is 28.9. The molecule has 31 heavy (non-hydrogen) atoms.